The van der Waals surface area contributed by atoms with Crippen molar-refractivity contribution in [3.63, 3.8) is 0 Å². The van der Waals surface area contributed by atoms with E-state index in [9.17, 15) is 14.4 Å². The van der Waals surface area contributed by atoms with Crippen LogP contribution in [0.3, 0.4) is 0 Å². The molecule has 0 saturated heterocycles. The van der Waals surface area contributed by atoms with Crippen molar-refractivity contribution < 1.29 is 23.9 Å². The first-order valence-corrected chi connectivity index (χ1v) is 14.5. The monoisotopic (exact) mass is 551 g/mol. The second kappa shape index (κ2) is 19.4. The lowest BCUT2D eigenvalue weighted by atomic mass is 10.1. The minimum atomic E-state index is -0.488. The number of methoxy groups -OCH3 is 1. The number of carbonyl (C=O) groups excluding carboxylic acids is 3. The van der Waals surface area contributed by atoms with E-state index in [1.165, 1.54) is 64.7 Å². The maximum atomic E-state index is 12.4. The number of esters is 1. The van der Waals surface area contributed by atoms with Crippen LogP contribution < -0.4 is 20.2 Å². The van der Waals surface area contributed by atoms with Crippen molar-refractivity contribution >= 4 is 24.0 Å². The Hall–Kier alpha value is -3.68. The van der Waals surface area contributed by atoms with Crippen molar-refractivity contribution in [1.82, 2.24) is 10.7 Å². The number of unbranched alkanes of at least 4 members (excludes halogenated alkanes) is 10. The summed E-state index contributed by atoms with van der Waals surface area (Å²) >= 11 is 0. The molecule has 8 heteroatoms. The number of amides is 2. The fourth-order valence-corrected chi connectivity index (χ4v) is 4.13. The van der Waals surface area contributed by atoms with E-state index in [1.807, 2.05) is 19.1 Å². The zero-order valence-electron chi connectivity index (χ0n) is 24.3. The number of nitrogens with one attached hydrogen (secondary N) is 2. The Bertz CT molecular complexity index is 1080. The van der Waals surface area contributed by atoms with Gasteiger partial charge in [0.1, 0.15) is 0 Å². The number of hydrazone groups is 1. The largest absolute Gasteiger partial charge is 0.493 e. The highest BCUT2D eigenvalue weighted by molar-refractivity contribution is 5.92. The summed E-state index contributed by atoms with van der Waals surface area (Å²) in [5.74, 6) is -0.410. The predicted molar refractivity (Wildman–Crippen MR) is 159 cm³/mol. The molecule has 0 aromatic heterocycles. The van der Waals surface area contributed by atoms with Crippen molar-refractivity contribution in [2.75, 3.05) is 13.7 Å². The number of rotatable bonds is 19. The van der Waals surface area contributed by atoms with E-state index in [0.717, 1.165) is 24.8 Å². The third-order valence-electron chi connectivity index (χ3n) is 6.53. The van der Waals surface area contributed by atoms with Crippen molar-refractivity contribution in [2.45, 2.75) is 90.9 Å². The Labute approximate surface area is 238 Å². The molecule has 2 N–H and O–H groups in total. The van der Waals surface area contributed by atoms with E-state index in [0.29, 0.717) is 23.3 Å². The van der Waals surface area contributed by atoms with Crippen LogP contribution in [0.15, 0.2) is 47.6 Å². The SMILES string of the molecule is CCCCCCCCCCCCCC(=O)NCC(=O)NN=Cc1ccc(OC(=O)c2ccc(C)cc2)c(OC)c1. The Balaban J connectivity index is 1.62. The number of carbonyl (C=O) groups is 3. The summed E-state index contributed by atoms with van der Waals surface area (Å²) in [7, 11) is 1.47. The van der Waals surface area contributed by atoms with Gasteiger partial charge in [-0.05, 0) is 49.2 Å². The second-order valence-corrected chi connectivity index (χ2v) is 10.0. The van der Waals surface area contributed by atoms with Gasteiger partial charge in [0, 0.05) is 6.42 Å². The lowest BCUT2D eigenvalue weighted by Crippen LogP contribution is -2.34. The highest BCUT2D eigenvalue weighted by atomic mass is 16.6. The first kappa shape index (κ1) is 32.5. The molecule has 2 amide bonds. The van der Waals surface area contributed by atoms with Gasteiger partial charge in [-0.25, -0.2) is 10.2 Å². The molecule has 0 bridgehead atoms. The normalized spacial score (nSPS) is 10.9. The van der Waals surface area contributed by atoms with E-state index in [4.69, 9.17) is 9.47 Å². The average molecular weight is 552 g/mol. The summed E-state index contributed by atoms with van der Waals surface area (Å²) in [5, 5.41) is 6.57. The number of aryl methyl sites for hydroxylation is 1. The van der Waals surface area contributed by atoms with Crippen molar-refractivity contribution in [1.29, 1.82) is 0 Å². The summed E-state index contributed by atoms with van der Waals surface area (Å²) in [6, 6.07) is 12.0. The highest BCUT2D eigenvalue weighted by Gasteiger charge is 2.13. The molecule has 0 aliphatic carbocycles. The minimum absolute atomic E-state index is 0.129. The van der Waals surface area contributed by atoms with Gasteiger partial charge in [-0.1, -0.05) is 88.8 Å². The number of benzene rings is 2. The zero-order chi connectivity index (χ0) is 29.0. The van der Waals surface area contributed by atoms with E-state index in [2.05, 4.69) is 22.8 Å². The first-order valence-electron chi connectivity index (χ1n) is 14.5. The number of hydrogen-bond acceptors (Lipinski definition) is 6. The summed E-state index contributed by atoms with van der Waals surface area (Å²) in [6.07, 6.45) is 15.4. The van der Waals surface area contributed by atoms with Gasteiger partial charge in [0.05, 0.1) is 25.4 Å². The molecule has 0 saturated carbocycles. The van der Waals surface area contributed by atoms with Crippen LogP contribution in [-0.2, 0) is 9.59 Å². The van der Waals surface area contributed by atoms with Gasteiger partial charge in [-0.3, -0.25) is 9.59 Å². The molecule has 0 heterocycles. The molecule has 0 spiro atoms. The van der Waals surface area contributed by atoms with Crippen LogP contribution in [0.1, 0.15) is 105 Å². The maximum Gasteiger partial charge on any atom is 0.343 e. The Morgan fingerprint density at radius 3 is 2.05 bits per heavy atom. The molecule has 218 valence electrons. The smallest absolute Gasteiger partial charge is 0.343 e. The minimum Gasteiger partial charge on any atom is -0.493 e. The molecule has 0 atom stereocenters. The molecular formula is C32H45N3O5. The van der Waals surface area contributed by atoms with Gasteiger partial charge in [-0.15, -0.1) is 0 Å². The Morgan fingerprint density at radius 1 is 0.800 bits per heavy atom. The maximum absolute atomic E-state index is 12.4. The van der Waals surface area contributed by atoms with Gasteiger partial charge >= 0.3 is 5.97 Å². The highest BCUT2D eigenvalue weighted by Crippen LogP contribution is 2.28. The topological polar surface area (TPSA) is 106 Å². The average Bonchev–Trinajstić information content (AvgIpc) is 2.95. The van der Waals surface area contributed by atoms with Crippen LogP contribution in [0.25, 0.3) is 0 Å². The third kappa shape index (κ3) is 13.4. The molecule has 0 radical (unpaired) electrons. The quantitative estimate of drug-likeness (QED) is 0.0682. The summed E-state index contributed by atoms with van der Waals surface area (Å²) in [4.78, 5) is 36.4. The van der Waals surface area contributed by atoms with Crippen LogP contribution in [0.5, 0.6) is 11.5 Å². The van der Waals surface area contributed by atoms with E-state index in [-0.39, 0.29) is 18.2 Å². The van der Waals surface area contributed by atoms with E-state index >= 15 is 0 Å². The Kier molecular flexibility index (Phi) is 15.8. The van der Waals surface area contributed by atoms with Crippen molar-refractivity contribution in [2.24, 2.45) is 5.10 Å². The third-order valence-corrected chi connectivity index (χ3v) is 6.53. The van der Waals surface area contributed by atoms with Gasteiger partial charge in [0.15, 0.2) is 11.5 Å². The van der Waals surface area contributed by atoms with Gasteiger partial charge < -0.3 is 14.8 Å². The van der Waals surface area contributed by atoms with Crippen molar-refractivity contribution in [3.05, 3.63) is 59.2 Å². The van der Waals surface area contributed by atoms with Crippen LogP contribution in [0.2, 0.25) is 0 Å². The lowest BCUT2D eigenvalue weighted by molar-refractivity contribution is -0.126. The number of nitrogens with zero attached hydrogens (tertiary/aromatic N) is 1. The first-order chi connectivity index (χ1) is 19.4. The molecule has 0 unspecified atom stereocenters. The summed E-state index contributed by atoms with van der Waals surface area (Å²) in [5.41, 5.74) is 4.52. The fraction of sp³-hybridized carbons (Fsp3) is 0.500. The van der Waals surface area contributed by atoms with Crippen LogP contribution in [0.4, 0.5) is 0 Å². The summed E-state index contributed by atoms with van der Waals surface area (Å²) < 4.78 is 10.8. The summed E-state index contributed by atoms with van der Waals surface area (Å²) in [6.45, 7) is 4.05. The molecule has 0 aliphatic heterocycles. The van der Waals surface area contributed by atoms with Crippen LogP contribution >= 0.6 is 0 Å². The second-order valence-electron chi connectivity index (χ2n) is 10.0. The predicted octanol–water partition coefficient (Wildman–Crippen LogP) is 6.49. The number of ether oxygens (including phenoxy) is 2. The fourth-order valence-electron chi connectivity index (χ4n) is 4.13. The van der Waals surface area contributed by atoms with E-state index in [1.54, 1.807) is 30.3 Å². The molecule has 8 nitrogen and oxygen atoms in total. The lowest BCUT2D eigenvalue weighted by Gasteiger charge is -2.10. The molecular weight excluding hydrogens is 506 g/mol. The van der Waals surface area contributed by atoms with Crippen LogP contribution in [0, 0.1) is 6.92 Å². The number of hydrogen-bond donors (Lipinski definition) is 2. The van der Waals surface area contributed by atoms with Gasteiger partial charge in [0.2, 0.25) is 5.91 Å². The molecule has 40 heavy (non-hydrogen) atoms. The molecule has 0 aliphatic rings. The van der Waals surface area contributed by atoms with Crippen LogP contribution in [-0.4, -0.2) is 37.7 Å². The molecule has 2 aromatic carbocycles. The van der Waals surface area contributed by atoms with Gasteiger partial charge in [0.25, 0.3) is 5.91 Å². The van der Waals surface area contributed by atoms with Crippen molar-refractivity contribution in [3.8, 4) is 11.5 Å². The zero-order valence-corrected chi connectivity index (χ0v) is 24.3. The van der Waals surface area contributed by atoms with E-state index < -0.39 is 11.9 Å². The molecule has 2 rings (SSSR count). The van der Waals surface area contributed by atoms with Gasteiger partial charge in [-0.2, -0.15) is 5.10 Å². The Morgan fingerprint density at radius 2 is 1.43 bits per heavy atom. The molecule has 2 aromatic rings. The molecule has 0 fully saturated rings. The standard InChI is InChI=1S/C32H45N3O5/c1-4-5-6-7-8-9-10-11-12-13-14-15-30(36)33-24-31(37)35-34-23-26-18-21-28(29(22-26)39-3)40-32(38)27-19-16-25(2)17-20-27/h16-23H,4-15,24H2,1-3H3,(H,33,36)(H,35,37).